The number of thiophene rings is 1. The Morgan fingerprint density at radius 1 is 1.04 bits per heavy atom. The number of aldehydes is 1. The normalized spacial score (nSPS) is 9.04. The topological polar surface area (TPSA) is 34.1 Å². The van der Waals surface area contributed by atoms with E-state index in [0.29, 0.717) is 6.42 Å². The molecular weight excluding hydrogens is 328 g/mol. The summed E-state index contributed by atoms with van der Waals surface area (Å²) in [5.74, 6) is 0.106. The van der Waals surface area contributed by atoms with Gasteiger partial charge in [-0.3, -0.25) is 9.59 Å². The molecule has 3 heteroatoms. The number of ketones is 1. The van der Waals surface area contributed by atoms with Crippen LogP contribution in [0.3, 0.4) is 0 Å². The lowest BCUT2D eigenvalue weighted by Crippen LogP contribution is -1.83. The third kappa shape index (κ3) is 14.1. The molecule has 0 saturated carbocycles. The van der Waals surface area contributed by atoms with E-state index in [0.717, 1.165) is 11.8 Å². The van der Waals surface area contributed by atoms with Gasteiger partial charge in [0.2, 0.25) is 0 Å². The lowest BCUT2D eigenvalue weighted by Gasteiger charge is -1.95. The van der Waals surface area contributed by atoms with E-state index in [2.05, 4.69) is 31.0 Å². The van der Waals surface area contributed by atoms with Crippen molar-refractivity contribution in [2.24, 2.45) is 0 Å². The van der Waals surface area contributed by atoms with Gasteiger partial charge in [-0.15, -0.1) is 11.3 Å². The summed E-state index contributed by atoms with van der Waals surface area (Å²) in [6.07, 6.45) is 9.53. The number of hydrogen-bond donors (Lipinski definition) is 0. The van der Waals surface area contributed by atoms with Crippen LogP contribution in [0.5, 0.6) is 0 Å². The maximum absolute atomic E-state index is 10.1. The highest BCUT2D eigenvalue weighted by Gasteiger charge is 1.92. The zero-order valence-electron chi connectivity index (χ0n) is 15.4. The lowest BCUT2D eigenvalue weighted by molar-refractivity contribution is -0.114. The second-order valence-electron chi connectivity index (χ2n) is 5.44. The van der Waals surface area contributed by atoms with E-state index in [1.165, 1.54) is 38.2 Å². The van der Waals surface area contributed by atoms with Gasteiger partial charge in [0.1, 0.15) is 6.29 Å². The number of benzene rings is 1. The van der Waals surface area contributed by atoms with Crippen molar-refractivity contribution in [1.82, 2.24) is 0 Å². The summed E-state index contributed by atoms with van der Waals surface area (Å²) in [7, 11) is 0. The monoisotopic (exact) mass is 358 g/mol. The third-order valence-corrected chi connectivity index (χ3v) is 4.30. The molecule has 136 valence electrons. The third-order valence-electron chi connectivity index (χ3n) is 3.37. The van der Waals surface area contributed by atoms with Gasteiger partial charge < -0.3 is 0 Å². The fourth-order valence-electron chi connectivity index (χ4n) is 1.86. The van der Waals surface area contributed by atoms with E-state index in [9.17, 15) is 9.59 Å². The molecule has 0 unspecified atom stereocenters. The predicted molar refractivity (Wildman–Crippen MR) is 109 cm³/mol. The standard InChI is InChI=1S/C10H16S.C7H6O.C5H8O/c1-2-3-4-5-7-10-8-6-9-11-10;8-6-7-4-2-1-3-5-7;1-3-5(6)4-2/h6,8-9H,2-5,7H2,1H3;1-6H;3H,1,4H2,2H3. The van der Waals surface area contributed by atoms with E-state index < -0.39 is 0 Å². The molecule has 0 saturated heterocycles. The van der Waals surface area contributed by atoms with E-state index in [4.69, 9.17) is 0 Å². The zero-order valence-corrected chi connectivity index (χ0v) is 16.3. The van der Waals surface area contributed by atoms with Gasteiger partial charge in [-0.25, -0.2) is 0 Å². The van der Waals surface area contributed by atoms with Crippen LogP contribution in [0.15, 0.2) is 60.5 Å². The van der Waals surface area contributed by atoms with Gasteiger partial charge in [0.05, 0.1) is 0 Å². The summed E-state index contributed by atoms with van der Waals surface area (Å²) in [6, 6.07) is 13.5. The van der Waals surface area contributed by atoms with E-state index in [1.807, 2.05) is 36.5 Å². The average molecular weight is 359 g/mol. The Labute approximate surface area is 156 Å². The van der Waals surface area contributed by atoms with Gasteiger partial charge in [-0.1, -0.05) is 76.1 Å². The molecule has 0 aliphatic rings. The molecule has 0 aliphatic heterocycles. The molecule has 2 rings (SSSR count). The van der Waals surface area contributed by atoms with Crippen LogP contribution in [0.4, 0.5) is 0 Å². The molecule has 0 spiro atoms. The van der Waals surface area contributed by atoms with Crippen LogP contribution in [0.2, 0.25) is 0 Å². The molecule has 0 atom stereocenters. The number of rotatable bonds is 8. The first-order valence-corrected chi connectivity index (χ1v) is 9.73. The quantitative estimate of drug-likeness (QED) is 0.306. The molecule has 1 heterocycles. The first kappa shape index (κ1) is 23.0. The Morgan fingerprint density at radius 2 is 1.76 bits per heavy atom. The lowest BCUT2D eigenvalue weighted by atomic mass is 10.1. The molecule has 25 heavy (non-hydrogen) atoms. The van der Waals surface area contributed by atoms with Gasteiger partial charge >= 0.3 is 0 Å². The second kappa shape index (κ2) is 16.8. The molecule has 0 N–H and O–H groups in total. The SMILES string of the molecule is C=CC(=O)CC.CCCCCCc1cccs1.O=Cc1ccccc1. The molecule has 0 amide bonds. The Morgan fingerprint density at radius 3 is 2.16 bits per heavy atom. The van der Waals surface area contributed by atoms with Crippen LogP contribution >= 0.6 is 11.3 Å². The Kier molecular flexibility index (Phi) is 15.5. The van der Waals surface area contributed by atoms with Crippen molar-refractivity contribution in [2.75, 3.05) is 0 Å². The van der Waals surface area contributed by atoms with Gasteiger partial charge in [-0.2, -0.15) is 0 Å². The molecular formula is C22H30O2S. The minimum atomic E-state index is 0.106. The Bertz CT molecular complexity index is 559. The first-order valence-electron chi connectivity index (χ1n) is 8.85. The molecule has 2 nitrogen and oxygen atoms in total. The minimum Gasteiger partial charge on any atom is -0.298 e. The summed E-state index contributed by atoms with van der Waals surface area (Å²) in [4.78, 5) is 21.6. The fourth-order valence-corrected chi connectivity index (χ4v) is 2.61. The molecule has 0 aliphatic carbocycles. The summed E-state index contributed by atoms with van der Waals surface area (Å²) in [5, 5.41) is 2.16. The van der Waals surface area contributed by atoms with Crippen LogP contribution in [0, 0.1) is 0 Å². The maximum atomic E-state index is 10.1. The van der Waals surface area contributed by atoms with Crippen LogP contribution in [-0.2, 0) is 11.2 Å². The van der Waals surface area contributed by atoms with Gasteiger partial charge in [-0.05, 0) is 30.4 Å². The number of carbonyl (C=O) groups excluding carboxylic acids is 2. The second-order valence-corrected chi connectivity index (χ2v) is 6.47. The molecule has 2 aromatic rings. The minimum absolute atomic E-state index is 0.106. The first-order chi connectivity index (χ1) is 12.2. The number of allylic oxidation sites excluding steroid dienone is 1. The number of carbonyl (C=O) groups is 2. The van der Waals surface area contributed by atoms with Gasteiger partial charge in [0, 0.05) is 16.9 Å². The predicted octanol–water partition coefficient (Wildman–Crippen LogP) is 6.52. The Balaban J connectivity index is 0.000000365. The van der Waals surface area contributed by atoms with Crippen molar-refractivity contribution in [1.29, 1.82) is 0 Å². The maximum Gasteiger partial charge on any atom is 0.154 e. The van der Waals surface area contributed by atoms with Crippen molar-refractivity contribution in [3.63, 3.8) is 0 Å². The smallest absolute Gasteiger partial charge is 0.154 e. The molecule has 1 aromatic carbocycles. The number of hydrogen-bond acceptors (Lipinski definition) is 3. The van der Waals surface area contributed by atoms with E-state index in [-0.39, 0.29) is 5.78 Å². The summed E-state index contributed by atoms with van der Waals surface area (Å²) in [5.41, 5.74) is 0.729. The highest BCUT2D eigenvalue weighted by atomic mass is 32.1. The highest BCUT2D eigenvalue weighted by molar-refractivity contribution is 7.09. The average Bonchev–Trinajstić information content (AvgIpc) is 3.20. The Hall–Kier alpha value is -2.00. The number of aryl methyl sites for hydroxylation is 1. The largest absolute Gasteiger partial charge is 0.298 e. The van der Waals surface area contributed by atoms with E-state index >= 15 is 0 Å². The van der Waals surface area contributed by atoms with Gasteiger partial charge in [0.15, 0.2) is 5.78 Å². The highest BCUT2D eigenvalue weighted by Crippen LogP contribution is 2.12. The summed E-state index contributed by atoms with van der Waals surface area (Å²) in [6.45, 7) is 7.35. The van der Waals surface area contributed by atoms with Crippen molar-refractivity contribution in [2.45, 2.75) is 52.4 Å². The van der Waals surface area contributed by atoms with Gasteiger partial charge in [0.25, 0.3) is 0 Å². The van der Waals surface area contributed by atoms with Crippen LogP contribution in [-0.4, -0.2) is 12.1 Å². The summed E-state index contributed by atoms with van der Waals surface area (Å²) >= 11 is 1.88. The fraction of sp³-hybridized carbons (Fsp3) is 0.364. The van der Waals surface area contributed by atoms with Crippen LogP contribution < -0.4 is 0 Å². The molecule has 0 bridgehead atoms. The van der Waals surface area contributed by atoms with Crippen molar-refractivity contribution in [3.8, 4) is 0 Å². The molecule has 0 radical (unpaired) electrons. The van der Waals surface area contributed by atoms with Crippen molar-refractivity contribution in [3.05, 3.63) is 70.9 Å². The van der Waals surface area contributed by atoms with Crippen molar-refractivity contribution < 1.29 is 9.59 Å². The van der Waals surface area contributed by atoms with Crippen molar-refractivity contribution >= 4 is 23.4 Å². The molecule has 0 fully saturated rings. The number of unbranched alkanes of at least 4 members (excludes halogenated alkanes) is 3. The van der Waals surface area contributed by atoms with Crippen LogP contribution in [0.1, 0.15) is 61.2 Å². The summed E-state index contributed by atoms with van der Waals surface area (Å²) < 4.78 is 0. The zero-order chi connectivity index (χ0) is 18.8. The molecule has 1 aromatic heterocycles. The van der Waals surface area contributed by atoms with Crippen LogP contribution in [0.25, 0.3) is 0 Å². The van der Waals surface area contributed by atoms with E-state index in [1.54, 1.807) is 17.0 Å².